The van der Waals surface area contributed by atoms with Crippen molar-refractivity contribution < 1.29 is 14.3 Å². The van der Waals surface area contributed by atoms with E-state index in [1.165, 1.54) is 7.11 Å². The summed E-state index contributed by atoms with van der Waals surface area (Å²) in [6.07, 6.45) is 2.66. The minimum absolute atomic E-state index is 0.269. The Morgan fingerprint density at radius 1 is 1.41 bits per heavy atom. The molecule has 5 nitrogen and oxygen atoms in total. The van der Waals surface area contributed by atoms with Crippen molar-refractivity contribution in [3.63, 3.8) is 0 Å². The average Bonchev–Trinajstić information content (AvgIpc) is 3.30. The van der Waals surface area contributed by atoms with Crippen LogP contribution in [0, 0.1) is 12.3 Å². The normalized spacial score (nSPS) is 14.9. The quantitative estimate of drug-likeness (QED) is 0.625. The summed E-state index contributed by atoms with van der Waals surface area (Å²) in [6.45, 7) is 5.72. The van der Waals surface area contributed by atoms with Gasteiger partial charge in [0, 0.05) is 17.6 Å². The average molecular weight is 323 g/mol. The van der Waals surface area contributed by atoms with E-state index in [9.17, 15) is 9.59 Å². The van der Waals surface area contributed by atoms with Gasteiger partial charge in [0.15, 0.2) is 0 Å². The number of aryl methyl sites for hydroxylation is 1. The van der Waals surface area contributed by atoms with Crippen LogP contribution in [0.15, 0.2) is 24.8 Å². The van der Waals surface area contributed by atoms with Crippen molar-refractivity contribution in [2.24, 2.45) is 5.41 Å². The maximum Gasteiger partial charge on any atom is 0.240 e. The highest BCUT2D eigenvalue weighted by atomic mass is 35.5. The monoisotopic (exact) mass is 322 g/mol. The van der Waals surface area contributed by atoms with E-state index in [0.717, 1.165) is 5.56 Å². The zero-order chi connectivity index (χ0) is 16.3. The lowest BCUT2D eigenvalue weighted by atomic mass is 10.0. The van der Waals surface area contributed by atoms with Gasteiger partial charge in [-0.15, -0.1) is 6.58 Å². The summed E-state index contributed by atoms with van der Waals surface area (Å²) in [6, 6.07) is 3.38. The van der Waals surface area contributed by atoms with Crippen molar-refractivity contribution in [1.82, 2.24) is 5.32 Å². The number of anilines is 1. The van der Waals surface area contributed by atoms with Crippen LogP contribution in [-0.4, -0.2) is 25.5 Å². The molecule has 2 amide bonds. The molecule has 0 atom stereocenters. The minimum atomic E-state index is -0.985. The van der Waals surface area contributed by atoms with E-state index in [0.29, 0.717) is 35.8 Å². The van der Waals surface area contributed by atoms with Crippen LogP contribution in [0.1, 0.15) is 18.4 Å². The van der Waals surface area contributed by atoms with Crippen LogP contribution in [-0.2, 0) is 9.59 Å². The van der Waals surface area contributed by atoms with Crippen molar-refractivity contribution in [3.8, 4) is 5.75 Å². The van der Waals surface area contributed by atoms with Crippen molar-refractivity contribution in [2.75, 3.05) is 19.0 Å². The lowest BCUT2D eigenvalue weighted by Crippen LogP contribution is -2.40. The number of benzene rings is 1. The molecule has 0 unspecified atom stereocenters. The first-order chi connectivity index (χ1) is 10.4. The summed E-state index contributed by atoms with van der Waals surface area (Å²) >= 11 is 6.04. The van der Waals surface area contributed by atoms with Crippen molar-refractivity contribution in [2.45, 2.75) is 19.8 Å². The van der Waals surface area contributed by atoms with Gasteiger partial charge in [0.2, 0.25) is 11.8 Å². The summed E-state index contributed by atoms with van der Waals surface area (Å²) in [5.41, 5.74) is 0.345. The second-order valence-corrected chi connectivity index (χ2v) is 5.74. The number of ether oxygens (including phenoxy) is 1. The van der Waals surface area contributed by atoms with E-state index in [1.54, 1.807) is 18.2 Å². The Hall–Kier alpha value is -2.01. The molecule has 0 spiro atoms. The summed E-state index contributed by atoms with van der Waals surface area (Å²) in [5, 5.41) is 6.02. The standard InChI is InChI=1S/C16H19ClN2O3/c1-4-7-18-14(20)16(5-6-16)15(21)19-12-8-10(2)11(17)9-13(12)22-3/h4,8-9H,1,5-7H2,2-3H3,(H,18,20)(H,19,21). The molecule has 6 heteroatoms. The second-order valence-electron chi connectivity index (χ2n) is 5.34. The fourth-order valence-corrected chi connectivity index (χ4v) is 2.34. The molecule has 1 fully saturated rings. The largest absolute Gasteiger partial charge is 0.495 e. The molecular formula is C16H19ClN2O3. The molecule has 1 aliphatic rings. The van der Waals surface area contributed by atoms with E-state index in [-0.39, 0.29) is 11.8 Å². The Balaban J connectivity index is 2.17. The summed E-state index contributed by atoms with van der Waals surface area (Å²) in [4.78, 5) is 24.6. The van der Waals surface area contributed by atoms with Gasteiger partial charge in [0.25, 0.3) is 0 Å². The van der Waals surface area contributed by atoms with Crippen LogP contribution in [0.2, 0.25) is 5.02 Å². The van der Waals surface area contributed by atoms with Crippen LogP contribution in [0.25, 0.3) is 0 Å². The minimum Gasteiger partial charge on any atom is -0.495 e. The molecular weight excluding hydrogens is 304 g/mol. The number of halogens is 1. The molecule has 0 aromatic heterocycles. The SMILES string of the molecule is C=CCNC(=O)C1(C(=O)Nc2cc(C)c(Cl)cc2OC)CC1. The summed E-state index contributed by atoms with van der Waals surface area (Å²) < 4.78 is 5.23. The first kappa shape index (κ1) is 16.4. The van der Waals surface area contributed by atoms with E-state index in [1.807, 2.05) is 6.92 Å². The highest BCUT2D eigenvalue weighted by Gasteiger charge is 2.56. The molecule has 1 saturated carbocycles. The van der Waals surface area contributed by atoms with Gasteiger partial charge >= 0.3 is 0 Å². The molecule has 0 radical (unpaired) electrons. The molecule has 0 aliphatic heterocycles. The number of carbonyl (C=O) groups is 2. The fraction of sp³-hybridized carbons (Fsp3) is 0.375. The van der Waals surface area contributed by atoms with Crippen molar-refractivity contribution in [1.29, 1.82) is 0 Å². The lowest BCUT2D eigenvalue weighted by Gasteiger charge is -2.17. The Kier molecular flexibility index (Phi) is 4.76. The first-order valence-electron chi connectivity index (χ1n) is 6.99. The van der Waals surface area contributed by atoms with E-state index >= 15 is 0 Å². The Bertz CT molecular complexity index is 624. The third-order valence-corrected chi connectivity index (χ3v) is 4.16. The van der Waals surface area contributed by atoms with Crippen LogP contribution in [0.5, 0.6) is 5.75 Å². The molecule has 2 N–H and O–H groups in total. The molecule has 0 saturated heterocycles. The van der Waals surface area contributed by atoms with Gasteiger partial charge in [-0.1, -0.05) is 17.7 Å². The first-order valence-corrected chi connectivity index (χ1v) is 7.37. The topological polar surface area (TPSA) is 67.4 Å². The van der Waals surface area contributed by atoms with E-state index < -0.39 is 5.41 Å². The molecule has 118 valence electrons. The van der Waals surface area contributed by atoms with E-state index in [2.05, 4.69) is 17.2 Å². The van der Waals surface area contributed by atoms with Crippen molar-refractivity contribution in [3.05, 3.63) is 35.4 Å². The predicted octanol–water partition coefficient (Wildman–Crippen LogP) is 2.68. The van der Waals surface area contributed by atoms with Crippen molar-refractivity contribution >= 4 is 29.1 Å². The van der Waals surface area contributed by atoms with Crippen LogP contribution in [0.4, 0.5) is 5.69 Å². The lowest BCUT2D eigenvalue weighted by molar-refractivity contribution is -0.134. The smallest absolute Gasteiger partial charge is 0.240 e. The molecule has 1 aliphatic carbocycles. The third kappa shape index (κ3) is 3.09. The number of hydrogen-bond donors (Lipinski definition) is 2. The molecule has 0 heterocycles. The van der Waals surface area contributed by atoms with Gasteiger partial charge in [-0.3, -0.25) is 9.59 Å². The van der Waals surface area contributed by atoms with Gasteiger partial charge in [-0.05, 0) is 31.4 Å². The number of amides is 2. The molecule has 2 rings (SSSR count). The highest BCUT2D eigenvalue weighted by molar-refractivity contribution is 6.31. The molecule has 0 bridgehead atoms. The van der Waals surface area contributed by atoms with E-state index in [4.69, 9.17) is 16.3 Å². The second kappa shape index (κ2) is 6.40. The number of nitrogens with one attached hydrogen (secondary N) is 2. The molecule has 22 heavy (non-hydrogen) atoms. The zero-order valence-corrected chi connectivity index (χ0v) is 13.4. The number of rotatable bonds is 6. The van der Waals surface area contributed by atoms with Crippen LogP contribution >= 0.6 is 11.6 Å². The highest BCUT2D eigenvalue weighted by Crippen LogP contribution is 2.47. The van der Waals surface area contributed by atoms with Gasteiger partial charge in [0.05, 0.1) is 12.8 Å². The predicted molar refractivity (Wildman–Crippen MR) is 86.2 cm³/mol. The Labute approximate surface area is 134 Å². The maximum absolute atomic E-state index is 12.5. The van der Waals surface area contributed by atoms with Crippen LogP contribution < -0.4 is 15.4 Å². The van der Waals surface area contributed by atoms with Gasteiger partial charge in [-0.25, -0.2) is 0 Å². The number of carbonyl (C=O) groups excluding carboxylic acids is 2. The van der Waals surface area contributed by atoms with Gasteiger partial charge in [-0.2, -0.15) is 0 Å². The third-order valence-electron chi connectivity index (χ3n) is 3.76. The van der Waals surface area contributed by atoms with Gasteiger partial charge in [0.1, 0.15) is 11.2 Å². The van der Waals surface area contributed by atoms with Crippen LogP contribution in [0.3, 0.4) is 0 Å². The summed E-state index contributed by atoms with van der Waals surface area (Å²) in [5.74, 6) is -0.130. The molecule has 1 aromatic carbocycles. The Morgan fingerprint density at radius 3 is 2.64 bits per heavy atom. The molecule has 1 aromatic rings. The number of methoxy groups -OCH3 is 1. The maximum atomic E-state index is 12.5. The fourth-order valence-electron chi connectivity index (χ4n) is 2.19. The van der Waals surface area contributed by atoms with Gasteiger partial charge < -0.3 is 15.4 Å². The summed E-state index contributed by atoms with van der Waals surface area (Å²) in [7, 11) is 1.50. The Morgan fingerprint density at radius 2 is 2.09 bits per heavy atom. The number of hydrogen-bond acceptors (Lipinski definition) is 3. The zero-order valence-electron chi connectivity index (χ0n) is 12.7.